The summed E-state index contributed by atoms with van der Waals surface area (Å²) in [7, 11) is 0. The summed E-state index contributed by atoms with van der Waals surface area (Å²) < 4.78 is 14.1. The lowest BCUT2D eigenvalue weighted by Gasteiger charge is -2.22. The van der Waals surface area contributed by atoms with Crippen molar-refractivity contribution in [2.75, 3.05) is 4.90 Å². The first-order valence-electron chi connectivity index (χ1n) is 6.92. The molecule has 0 fully saturated rings. The fourth-order valence-electron chi connectivity index (χ4n) is 2.06. The van der Waals surface area contributed by atoms with Crippen molar-refractivity contribution in [2.45, 2.75) is 13.3 Å². The third-order valence-electron chi connectivity index (χ3n) is 3.24. The molecular weight excluding hydrogens is 383 g/mol. The Hall–Kier alpha value is -2.61. The van der Waals surface area contributed by atoms with Gasteiger partial charge < -0.3 is 0 Å². The minimum Gasteiger partial charge on any atom is -0.274 e. The van der Waals surface area contributed by atoms with Crippen molar-refractivity contribution in [1.82, 2.24) is 0 Å². The summed E-state index contributed by atoms with van der Waals surface area (Å²) in [5.41, 5.74) is -0.349. The zero-order valence-corrected chi connectivity index (χ0v) is 14.1. The Bertz CT molecular complexity index is 825. The van der Waals surface area contributed by atoms with E-state index < -0.39 is 22.6 Å². The van der Waals surface area contributed by atoms with Crippen LogP contribution >= 0.6 is 15.9 Å². The monoisotopic (exact) mass is 394 g/mol. The topological polar surface area (TPSA) is 80.5 Å². The molecule has 0 aliphatic heterocycles. The molecule has 0 aliphatic rings. The number of anilines is 1. The highest BCUT2D eigenvalue weighted by Gasteiger charge is 2.28. The van der Waals surface area contributed by atoms with Gasteiger partial charge in [-0.25, -0.2) is 9.29 Å². The Balaban J connectivity index is 2.54. The number of imide groups is 1. The molecule has 0 N–H and O–H groups in total. The van der Waals surface area contributed by atoms with E-state index in [1.807, 2.05) is 0 Å². The first-order chi connectivity index (χ1) is 11.4. The van der Waals surface area contributed by atoms with E-state index in [0.29, 0.717) is 0 Å². The van der Waals surface area contributed by atoms with Gasteiger partial charge in [-0.15, -0.1) is 0 Å². The number of hydrogen-bond acceptors (Lipinski definition) is 4. The summed E-state index contributed by atoms with van der Waals surface area (Å²) in [6.45, 7) is 1.56. The molecule has 0 unspecified atom stereocenters. The molecule has 0 saturated carbocycles. The molecule has 6 nitrogen and oxygen atoms in total. The van der Waals surface area contributed by atoms with E-state index in [2.05, 4.69) is 15.9 Å². The second-order valence-electron chi connectivity index (χ2n) is 4.76. The van der Waals surface area contributed by atoms with Crippen LogP contribution in [0.5, 0.6) is 0 Å². The molecule has 0 atom stereocenters. The van der Waals surface area contributed by atoms with Gasteiger partial charge in [0.15, 0.2) is 0 Å². The van der Waals surface area contributed by atoms with E-state index in [-0.39, 0.29) is 27.8 Å². The van der Waals surface area contributed by atoms with Gasteiger partial charge >= 0.3 is 0 Å². The fourth-order valence-corrected chi connectivity index (χ4v) is 2.60. The van der Waals surface area contributed by atoms with Crippen LogP contribution in [0.1, 0.15) is 23.7 Å². The Morgan fingerprint density at radius 2 is 1.92 bits per heavy atom. The average molecular weight is 395 g/mol. The number of carbonyl (C=O) groups is 2. The minimum atomic E-state index is -0.838. The highest BCUT2D eigenvalue weighted by atomic mass is 79.9. The number of nitro groups is 1. The molecule has 0 radical (unpaired) electrons. The van der Waals surface area contributed by atoms with Crippen molar-refractivity contribution in [3.63, 3.8) is 0 Å². The predicted octanol–water partition coefficient (Wildman–Crippen LogP) is 4.08. The molecule has 0 spiro atoms. The van der Waals surface area contributed by atoms with Crippen LogP contribution in [-0.2, 0) is 4.79 Å². The molecule has 0 heterocycles. The fraction of sp³-hybridized carbons (Fsp3) is 0.125. The van der Waals surface area contributed by atoms with E-state index >= 15 is 0 Å². The number of rotatable bonds is 4. The molecule has 0 aromatic heterocycles. The first kappa shape index (κ1) is 17.7. The number of halogens is 2. The van der Waals surface area contributed by atoms with Crippen LogP contribution in [0, 0.1) is 15.9 Å². The minimum absolute atomic E-state index is 0.00359. The van der Waals surface area contributed by atoms with Crippen LogP contribution in [0.4, 0.5) is 15.8 Å². The molecule has 2 amide bonds. The third kappa shape index (κ3) is 3.48. The summed E-state index contributed by atoms with van der Waals surface area (Å²) in [4.78, 5) is 35.9. The number of non-ortho nitro benzene ring substituents is 1. The van der Waals surface area contributed by atoms with Gasteiger partial charge in [-0.3, -0.25) is 19.7 Å². The summed E-state index contributed by atoms with van der Waals surface area (Å²) in [5.74, 6) is -2.15. The summed E-state index contributed by atoms with van der Waals surface area (Å²) >= 11 is 3.13. The van der Waals surface area contributed by atoms with E-state index in [4.69, 9.17) is 0 Å². The lowest BCUT2D eigenvalue weighted by Crippen LogP contribution is -2.37. The van der Waals surface area contributed by atoms with E-state index in [1.165, 1.54) is 36.4 Å². The molecule has 8 heteroatoms. The zero-order chi connectivity index (χ0) is 17.9. The van der Waals surface area contributed by atoms with Crippen LogP contribution in [0.3, 0.4) is 0 Å². The second kappa shape index (κ2) is 7.31. The van der Waals surface area contributed by atoms with Gasteiger partial charge in [-0.1, -0.05) is 19.1 Å². The van der Waals surface area contributed by atoms with Crippen molar-refractivity contribution in [3.8, 4) is 0 Å². The molecule has 2 aromatic rings. The zero-order valence-electron chi connectivity index (χ0n) is 12.5. The van der Waals surface area contributed by atoms with E-state index in [9.17, 15) is 24.1 Å². The molecule has 24 heavy (non-hydrogen) atoms. The highest BCUT2D eigenvalue weighted by molar-refractivity contribution is 9.10. The summed E-state index contributed by atoms with van der Waals surface area (Å²) in [6, 6.07) is 8.92. The maximum absolute atomic E-state index is 13.9. The van der Waals surface area contributed by atoms with Crippen LogP contribution < -0.4 is 4.90 Å². The lowest BCUT2D eigenvalue weighted by molar-refractivity contribution is -0.384. The Labute approximate surface area is 145 Å². The lowest BCUT2D eigenvalue weighted by atomic mass is 10.1. The number of nitrogens with zero attached hydrogens (tertiary/aromatic N) is 2. The van der Waals surface area contributed by atoms with Gasteiger partial charge in [0.25, 0.3) is 11.6 Å². The van der Waals surface area contributed by atoms with Crippen LogP contribution in [-0.4, -0.2) is 16.7 Å². The Kier molecular flexibility index (Phi) is 5.40. The summed E-state index contributed by atoms with van der Waals surface area (Å²) in [6.07, 6.45) is 0.00359. The van der Waals surface area contributed by atoms with E-state index in [1.54, 1.807) is 6.92 Å². The Morgan fingerprint density at radius 1 is 1.25 bits per heavy atom. The molecule has 124 valence electrons. The van der Waals surface area contributed by atoms with Crippen LogP contribution in [0.15, 0.2) is 46.9 Å². The van der Waals surface area contributed by atoms with Gasteiger partial charge in [0.2, 0.25) is 5.91 Å². The number of benzene rings is 2. The molecule has 0 saturated heterocycles. The average Bonchev–Trinajstić information content (AvgIpc) is 2.56. The van der Waals surface area contributed by atoms with E-state index in [0.717, 1.165) is 11.0 Å². The summed E-state index contributed by atoms with van der Waals surface area (Å²) in [5, 5.41) is 10.8. The molecule has 0 aliphatic carbocycles. The number of amides is 2. The van der Waals surface area contributed by atoms with Crippen molar-refractivity contribution in [3.05, 3.63) is 68.4 Å². The first-order valence-corrected chi connectivity index (χ1v) is 7.71. The third-order valence-corrected chi connectivity index (χ3v) is 3.88. The van der Waals surface area contributed by atoms with Crippen molar-refractivity contribution in [1.29, 1.82) is 0 Å². The predicted molar refractivity (Wildman–Crippen MR) is 89.3 cm³/mol. The normalized spacial score (nSPS) is 10.3. The Morgan fingerprint density at radius 3 is 2.46 bits per heavy atom. The smallest absolute Gasteiger partial charge is 0.270 e. The van der Waals surface area contributed by atoms with Crippen LogP contribution in [0.2, 0.25) is 0 Å². The van der Waals surface area contributed by atoms with Crippen LogP contribution in [0.25, 0.3) is 0 Å². The van der Waals surface area contributed by atoms with Crippen molar-refractivity contribution >= 4 is 39.1 Å². The maximum Gasteiger partial charge on any atom is 0.270 e. The van der Waals surface area contributed by atoms with Gasteiger partial charge in [-0.2, -0.15) is 0 Å². The number of carbonyl (C=O) groups excluding carboxylic acids is 2. The van der Waals surface area contributed by atoms with Gasteiger partial charge in [0.05, 0.1) is 16.2 Å². The largest absolute Gasteiger partial charge is 0.274 e. The van der Waals surface area contributed by atoms with Gasteiger partial charge in [0, 0.05) is 23.0 Å². The number of nitro benzene ring substituents is 1. The molecule has 0 bridgehead atoms. The standard InChI is InChI=1S/C16H12BrFN2O4/c1-2-15(21)19(16(22)11-5-3-4-6-13(11)18)14-8-7-10(20(23)24)9-12(14)17/h3-9H,2H2,1H3. The molecule has 2 rings (SSSR count). The number of hydrogen-bond donors (Lipinski definition) is 0. The molecular formula is C16H12BrFN2O4. The van der Waals surface area contributed by atoms with Crippen molar-refractivity contribution in [2.24, 2.45) is 0 Å². The maximum atomic E-state index is 13.9. The van der Waals surface area contributed by atoms with Gasteiger partial charge in [-0.05, 0) is 34.1 Å². The molecule has 2 aromatic carbocycles. The second-order valence-corrected chi connectivity index (χ2v) is 5.61. The van der Waals surface area contributed by atoms with Gasteiger partial charge in [0.1, 0.15) is 5.82 Å². The van der Waals surface area contributed by atoms with Crippen molar-refractivity contribution < 1.29 is 18.9 Å². The SMILES string of the molecule is CCC(=O)N(C(=O)c1ccccc1F)c1ccc([N+](=O)[O-])cc1Br. The quantitative estimate of drug-likeness (QED) is 0.577. The highest BCUT2D eigenvalue weighted by Crippen LogP contribution is 2.32.